The molecule has 17 heavy (non-hydrogen) atoms. The Morgan fingerprint density at radius 3 is 2.88 bits per heavy atom. The highest BCUT2D eigenvalue weighted by atomic mass is 35.5. The maximum atomic E-state index is 11.5. The number of nitrogens with one attached hydrogen (secondary N) is 2. The number of halogens is 1. The van der Waals surface area contributed by atoms with Crippen molar-refractivity contribution in [1.29, 1.82) is 0 Å². The number of morpholine rings is 1. The van der Waals surface area contributed by atoms with Crippen LogP contribution < -0.4 is 10.6 Å². The van der Waals surface area contributed by atoms with Crippen molar-refractivity contribution >= 4 is 24.3 Å². The second kappa shape index (κ2) is 9.21. The Morgan fingerprint density at radius 2 is 2.29 bits per heavy atom. The lowest BCUT2D eigenvalue weighted by atomic mass is 10.3. The molecule has 100 valence electrons. The van der Waals surface area contributed by atoms with E-state index in [0.717, 1.165) is 6.54 Å². The minimum Gasteiger partial charge on any atom is -0.466 e. The molecule has 1 unspecified atom stereocenters. The van der Waals surface area contributed by atoms with Crippen molar-refractivity contribution in [1.82, 2.24) is 10.6 Å². The van der Waals surface area contributed by atoms with Gasteiger partial charge >= 0.3 is 5.97 Å². The molecule has 1 aliphatic rings. The minimum atomic E-state index is -0.448. The van der Waals surface area contributed by atoms with Crippen LogP contribution in [0.1, 0.15) is 13.3 Å². The van der Waals surface area contributed by atoms with Crippen LogP contribution in [0.4, 0.5) is 0 Å². The van der Waals surface area contributed by atoms with Crippen LogP contribution in [0.3, 0.4) is 0 Å². The van der Waals surface area contributed by atoms with Gasteiger partial charge in [-0.1, -0.05) is 0 Å². The molecule has 0 radical (unpaired) electrons. The Bertz CT molecular complexity index is 244. The molecule has 0 aromatic rings. The predicted octanol–water partition coefficient (Wildman–Crippen LogP) is -0.534. The van der Waals surface area contributed by atoms with Gasteiger partial charge in [0.05, 0.1) is 19.6 Å². The van der Waals surface area contributed by atoms with Crippen LogP contribution in [-0.2, 0) is 19.1 Å². The van der Waals surface area contributed by atoms with Gasteiger partial charge in [0.15, 0.2) is 0 Å². The Balaban J connectivity index is 0.00000256. The van der Waals surface area contributed by atoms with Gasteiger partial charge in [-0.25, -0.2) is 0 Å². The Labute approximate surface area is 107 Å². The summed E-state index contributed by atoms with van der Waals surface area (Å²) in [5, 5.41) is 5.69. The van der Waals surface area contributed by atoms with E-state index in [1.807, 2.05) is 0 Å². The molecule has 0 aromatic heterocycles. The molecule has 1 rings (SSSR count). The quantitative estimate of drug-likeness (QED) is 0.654. The van der Waals surface area contributed by atoms with Crippen LogP contribution in [0.15, 0.2) is 0 Å². The Kier molecular flexibility index (Phi) is 8.75. The van der Waals surface area contributed by atoms with Crippen molar-refractivity contribution in [2.24, 2.45) is 0 Å². The number of carbonyl (C=O) groups excluding carboxylic acids is 2. The normalized spacial score (nSPS) is 19.0. The first kappa shape index (κ1) is 16.1. The average molecular weight is 267 g/mol. The van der Waals surface area contributed by atoms with E-state index in [0.29, 0.717) is 19.8 Å². The standard InChI is InChI=1S/C10H18N2O4.ClH/c1-2-15-9(13)3-4-12-10(14)8-7-11-5-6-16-8;/h8,11H,2-7H2,1H3,(H,12,14);1H. The van der Waals surface area contributed by atoms with Crippen LogP contribution in [-0.4, -0.2) is 50.8 Å². The van der Waals surface area contributed by atoms with E-state index in [2.05, 4.69) is 10.6 Å². The third kappa shape index (κ3) is 6.45. The van der Waals surface area contributed by atoms with Crippen LogP contribution in [0.5, 0.6) is 0 Å². The van der Waals surface area contributed by atoms with E-state index in [1.165, 1.54) is 0 Å². The molecule has 0 aromatic carbocycles. The lowest BCUT2D eigenvalue weighted by molar-refractivity contribution is -0.143. The minimum absolute atomic E-state index is 0. The molecule has 0 saturated carbocycles. The summed E-state index contributed by atoms with van der Waals surface area (Å²) in [6, 6.07) is 0. The lowest BCUT2D eigenvalue weighted by Crippen LogP contribution is -2.48. The molecule has 0 bridgehead atoms. The number of carbonyl (C=O) groups is 2. The summed E-state index contributed by atoms with van der Waals surface area (Å²) in [6.45, 7) is 4.23. The van der Waals surface area contributed by atoms with Crippen LogP contribution >= 0.6 is 12.4 Å². The third-order valence-electron chi connectivity index (χ3n) is 2.15. The zero-order valence-electron chi connectivity index (χ0n) is 9.86. The van der Waals surface area contributed by atoms with Crippen molar-refractivity contribution in [3.63, 3.8) is 0 Å². The van der Waals surface area contributed by atoms with Gasteiger partial charge < -0.3 is 20.1 Å². The van der Waals surface area contributed by atoms with Gasteiger partial charge in [0.2, 0.25) is 5.91 Å². The van der Waals surface area contributed by atoms with Gasteiger partial charge in [-0.15, -0.1) is 12.4 Å². The van der Waals surface area contributed by atoms with Gasteiger partial charge in [-0.2, -0.15) is 0 Å². The predicted molar refractivity (Wildman–Crippen MR) is 64.1 cm³/mol. The topological polar surface area (TPSA) is 76.7 Å². The first-order valence-corrected chi connectivity index (χ1v) is 5.49. The fourth-order valence-electron chi connectivity index (χ4n) is 1.37. The van der Waals surface area contributed by atoms with Gasteiger partial charge in [-0.05, 0) is 6.92 Å². The number of amides is 1. The second-order valence-electron chi connectivity index (χ2n) is 3.41. The number of esters is 1. The van der Waals surface area contributed by atoms with Crippen molar-refractivity contribution in [2.75, 3.05) is 32.8 Å². The molecular weight excluding hydrogens is 248 g/mol. The maximum absolute atomic E-state index is 11.5. The third-order valence-corrected chi connectivity index (χ3v) is 2.15. The molecule has 1 fully saturated rings. The van der Waals surface area contributed by atoms with E-state index in [1.54, 1.807) is 6.92 Å². The number of hydrogen-bond donors (Lipinski definition) is 2. The highest BCUT2D eigenvalue weighted by molar-refractivity contribution is 5.85. The molecular formula is C10H19ClN2O4. The number of rotatable bonds is 5. The Hall–Kier alpha value is -0.850. The van der Waals surface area contributed by atoms with Gasteiger partial charge in [-0.3, -0.25) is 9.59 Å². The molecule has 6 nitrogen and oxygen atoms in total. The second-order valence-corrected chi connectivity index (χ2v) is 3.41. The average Bonchev–Trinajstić information content (AvgIpc) is 2.30. The summed E-state index contributed by atoms with van der Waals surface area (Å²) in [6.07, 6.45) is -0.254. The van der Waals surface area contributed by atoms with E-state index in [9.17, 15) is 9.59 Å². The summed E-state index contributed by atoms with van der Waals surface area (Å²) in [5.41, 5.74) is 0. The van der Waals surface area contributed by atoms with Crippen molar-refractivity contribution in [2.45, 2.75) is 19.4 Å². The fourth-order valence-corrected chi connectivity index (χ4v) is 1.37. The molecule has 2 N–H and O–H groups in total. The molecule has 0 spiro atoms. The van der Waals surface area contributed by atoms with E-state index >= 15 is 0 Å². The molecule has 7 heteroatoms. The van der Waals surface area contributed by atoms with Gasteiger partial charge in [0, 0.05) is 19.6 Å². The summed E-state index contributed by atoms with van der Waals surface area (Å²) < 4.78 is 9.99. The highest BCUT2D eigenvalue weighted by Crippen LogP contribution is 1.95. The molecule has 1 saturated heterocycles. The number of ether oxygens (including phenoxy) is 2. The van der Waals surface area contributed by atoms with E-state index in [4.69, 9.17) is 9.47 Å². The monoisotopic (exact) mass is 266 g/mol. The largest absolute Gasteiger partial charge is 0.466 e. The lowest BCUT2D eigenvalue weighted by Gasteiger charge is -2.22. The summed E-state index contributed by atoms with van der Waals surface area (Å²) in [7, 11) is 0. The van der Waals surface area contributed by atoms with E-state index < -0.39 is 6.10 Å². The zero-order valence-corrected chi connectivity index (χ0v) is 10.7. The first-order valence-electron chi connectivity index (χ1n) is 5.49. The van der Waals surface area contributed by atoms with Crippen molar-refractivity contribution < 1.29 is 19.1 Å². The van der Waals surface area contributed by atoms with E-state index in [-0.39, 0.29) is 37.2 Å². The van der Waals surface area contributed by atoms with Crippen molar-refractivity contribution in [3.05, 3.63) is 0 Å². The zero-order chi connectivity index (χ0) is 11.8. The van der Waals surface area contributed by atoms with Crippen LogP contribution in [0.2, 0.25) is 0 Å². The highest BCUT2D eigenvalue weighted by Gasteiger charge is 2.21. The summed E-state index contributed by atoms with van der Waals surface area (Å²) in [4.78, 5) is 22.5. The van der Waals surface area contributed by atoms with Crippen LogP contribution in [0.25, 0.3) is 0 Å². The maximum Gasteiger partial charge on any atom is 0.307 e. The fraction of sp³-hybridized carbons (Fsp3) is 0.800. The molecule has 1 amide bonds. The van der Waals surface area contributed by atoms with Crippen molar-refractivity contribution in [3.8, 4) is 0 Å². The number of hydrogen-bond acceptors (Lipinski definition) is 5. The Morgan fingerprint density at radius 1 is 1.53 bits per heavy atom. The molecule has 0 aliphatic carbocycles. The van der Waals surface area contributed by atoms with Crippen LogP contribution in [0, 0.1) is 0 Å². The summed E-state index contributed by atoms with van der Waals surface area (Å²) in [5.74, 6) is -0.484. The van der Waals surface area contributed by atoms with Gasteiger partial charge in [0.25, 0.3) is 0 Å². The molecule has 1 atom stereocenters. The first-order chi connectivity index (χ1) is 7.74. The molecule has 1 heterocycles. The smallest absolute Gasteiger partial charge is 0.307 e. The summed E-state index contributed by atoms with van der Waals surface area (Å²) >= 11 is 0. The SMILES string of the molecule is CCOC(=O)CCNC(=O)C1CNCCO1.Cl. The molecule has 1 aliphatic heterocycles. The van der Waals surface area contributed by atoms with Gasteiger partial charge in [0.1, 0.15) is 6.10 Å².